The molecule has 3 nitrogen and oxygen atoms in total. The monoisotopic (exact) mass is 322 g/mol. The van der Waals surface area contributed by atoms with Gasteiger partial charge in [-0.1, -0.05) is 6.42 Å². The lowest BCUT2D eigenvalue weighted by molar-refractivity contribution is -0.121. The van der Waals surface area contributed by atoms with Crippen molar-refractivity contribution in [1.29, 1.82) is 5.26 Å². The number of alkyl halides is 1. The molecule has 5 heteroatoms. The molecule has 1 heterocycles. The highest BCUT2D eigenvalue weighted by Crippen LogP contribution is 2.48. The molecular weight excluding hydrogens is 304 g/mol. The van der Waals surface area contributed by atoms with Crippen LogP contribution in [0.15, 0.2) is 6.07 Å². The topological polar surface area (TPSA) is 52.9 Å². The van der Waals surface area contributed by atoms with E-state index in [9.17, 15) is 10.1 Å². The molecule has 0 aromatic carbocycles. The maximum atomic E-state index is 12.5. The van der Waals surface area contributed by atoms with Crippen molar-refractivity contribution in [1.82, 2.24) is 0 Å². The van der Waals surface area contributed by atoms with E-state index in [-0.39, 0.29) is 11.8 Å². The van der Waals surface area contributed by atoms with E-state index < -0.39 is 0 Å². The molecule has 1 aromatic rings. The number of anilines is 1. The molecule has 0 radical (unpaired) electrons. The van der Waals surface area contributed by atoms with E-state index in [1.807, 2.05) is 6.07 Å². The number of amides is 1. The van der Waals surface area contributed by atoms with Gasteiger partial charge in [0.15, 0.2) is 0 Å². The van der Waals surface area contributed by atoms with Crippen LogP contribution in [0.4, 0.5) is 5.00 Å². The normalized spacial score (nSPS) is 26.8. The summed E-state index contributed by atoms with van der Waals surface area (Å²) in [7, 11) is 0. The summed E-state index contributed by atoms with van der Waals surface area (Å²) in [6.07, 6.45) is 6.50. The SMILES string of the molecule is N#Cc1cc(CCCCl)sc1NC(=O)[C@@H]1C[C@@H]2CC[C@H]1C2. The van der Waals surface area contributed by atoms with E-state index in [1.165, 1.54) is 30.6 Å². The molecule has 2 bridgehead atoms. The summed E-state index contributed by atoms with van der Waals surface area (Å²) in [6, 6.07) is 4.07. The number of hydrogen-bond donors (Lipinski definition) is 1. The molecule has 2 aliphatic carbocycles. The Hall–Kier alpha value is -1.05. The number of nitriles is 1. The van der Waals surface area contributed by atoms with E-state index in [1.54, 1.807) is 0 Å². The van der Waals surface area contributed by atoms with Crippen LogP contribution < -0.4 is 5.32 Å². The average Bonchev–Trinajstić information content (AvgIpc) is 3.19. The smallest absolute Gasteiger partial charge is 0.228 e. The third-order valence-electron chi connectivity index (χ3n) is 4.77. The van der Waals surface area contributed by atoms with Gasteiger partial charge in [0.25, 0.3) is 0 Å². The number of fused-ring (bicyclic) bond motifs is 2. The Labute approximate surface area is 134 Å². The van der Waals surface area contributed by atoms with Crippen LogP contribution in [0.1, 0.15) is 42.5 Å². The number of nitrogens with one attached hydrogen (secondary N) is 1. The van der Waals surface area contributed by atoms with Crippen LogP contribution in [0.2, 0.25) is 0 Å². The molecule has 0 saturated heterocycles. The van der Waals surface area contributed by atoms with E-state index >= 15 is 0 Å². The van der Waals surface area contributed by atoms with Crippen LogP contribution in [0, 0.1) is 29.1 Å². The highest BCUT2D eigenvalue weighted by molar-refractivity contribution is 7.16. The van der Waals surface area contributed by atoms with E-state index in [4.69, 9.17) is 11.6 Å². The standard InChI is InChI=1S/C16H19ClN2OS/c17-5-1-2-13-8-12(9-18)16(21-13)19-15(20)14-7-10-3-4-11(14)6-10/h8,10-11,14H,1-7H2,(H,19,20)/t10-,11+,14-/m1/s1. The molecule has 0 unspecified atom stereocenters. The van der Waals surface area contributed by atoms with Gasteiger partial charge in [-0.05, 0) is 50.0 Å². The van der Waals surface area contributed by atoms with Gasteiger partial charge in [0.2, 0.25) is 5.91 Å². The summed E-state index contributed by atoms with van der Waals surface area (Å²) in [5.41, 5.74) is 0.584. The van der Waals surface area contributed by atoms with Gasteiger partial charge in [-0.25, -0.2) is 0 Å². The predicted molar refractivity (Wildman–Crippen MR) is 85.6 cm³/mol. The quantitative estimate of drug-likeness (QED) is 0.827. The van der Waals surface area contributed by atoms with Gasteiger partial charge in [-0.15, -0.1) is 22.9 Å². The molecule has 112 valence electrons. The van der Waals surface area contributed by atoms with Crippen LogP contribution in [-0.2, 0) is 11.2 Å². The number of halogens is 1. The van der Waals surface area contributed by atoms with Crippen molar-refractivity contribution >= 4 is 33.8 Å². The zero-order valence-corrected chi connectivity index (χ0v) is 13.5. The van der Waals surface area contributed by atoms with Crippen LogP contribution in [-0.4, -0.2) is 11.8 Å². The molecule has 1 aromatic heterocycles. The Balaban J connectivity index is 1.68. The Bertz CT molecular complexity index is 577. The van der Waals surface area contributed by atoms with Gasteiger partial charge in [0.05, 0.1) is 5.56 Å². The molecule has 3 atom stereocenters. The summed E-state index contributed by atoms with van der Waals surface area (Å²) >= 11 is 7.23. The number of carbonyl (C=O) groups is 1. The molecule has 0 aliphatic heterocycles. The first-order valence-corrected chi connectivity index (χ1v) is 8.96. The third-order valence-corrected chi connectivity index (χ3v) is 6.15. The van der Waals surface area contributed by atoms with Crippen molar-refractivity contribution < 1.29 is 4.79 Å². The highest BCUT2D eigenvalue weighted by Gasteiger charge is 2.43. The molecule has 1 amide bonds. The Morgan fingerprint density at radius 3 is 2.95 bits per heavy atom. The minimum absolute atomic E-state index is 0.115. The molecule has 21 heavy (non-hydrogen) atoms. The lowest BCUT2D eigenvalue weighted by Crippen LogP contribution is -2.27. The first kappa shape index (κ1) is 14.9. The Morgan fingerprint density at radius 2 is 2.33 bits per heavy atom. The second-order valence-corrected chi connectivity index (χ2v) is 7.65. The first-order chi connectivity index (χ1) is 10.2. The Kier molecular flexibility index (Phi) is 4.51. The van der Waals surface area contributed by atoms with Crippen molar-refractivity contribution in [2.45, 2.75) is 38.5 Å². The number of aryl methyl sites for hydroxylation is 1. The fraction of sp³-hybridized carbons (Fsp3) is 0.625. The zero-order valence-electron chi connectivity index (χ0n) is 11.9. The minimum Gasteiger partial charge on any atom is -0.316 e. The lowest BCUT2D eigenvalue weighted by Gasteiger charge is -2.20. The van der Waals surface area contributed by atoms with Gasteiger partial charge in [-0.3, -0.25) is 4.79 Å². The maximum Gasteiger partial charge on any atom is 0.228 e. The molecular formula is C16H19ClN2OS. The average molecular weight is 323 g/mol. The zero-order chi connectivity index (χ0) is 14.8. The summed E-state index contributed by atoms with van der Waals surface area (Å²) in [6.45, 7) is 0. The van der Waals surface area contributed by atoms with Crippen LogP contribution >= 0.6 is 22.9 Å². The van der Waals surface area contributed by atoms with Gasteiger partial charge in [0, 0.05) is 16.7 Å². The van der Waals surface area contributed by atoms with Crippen molar-refractivity contribution in [2.75, 3.05) is 11.2 Å². The maximum absolute atomic E-state index is 12.5. The minimum atomic E-state index is 0.115. The molecule has 3 rings (SSSR count). The van der Waals surface area contributed by atoms with Gasteiger partial charge in [0.1, 0.15) is 11.1 Å². The van der Waals surface area contributed by atoms with E-state index in [0.29, 0.717) is 17.4 Å². The highest BCUT2D eigenvalue weighted by atomic mass is 35.5. The third kappa shape index (κ3) is 3.09. The van der Waals surface area contributed by atoms with Crippen LogP contribution in [0.5, 0.6) is 0 Å². The second-order valence-electron chi connectivity index (χ2n) is 6.13. The van der Waals surface area contributed by atoms with Crippen LogP contribution in [0.3, 0.4) is 0 Å². The molecule has 2 aliphatic rings. The first-order valence-electron chi connectivity index (χ1n) is 7.61. The van der Waals surface area contributed by atoms with Gasteiger partial charge >= 0.3 is 0 Å². The number of thiophene rings is 1. The molecule has 2 saturated carbocycles. The van der Waals surface area contributed by atoms with Crippen molar-refractivity contribution in [3.05, 3.63) is 16.5 Å². The molecule has 0 spiro atoms. The number of hydrogen-bond acceptors (Lipinski definition) is 3. The number of nitrogens with zero attached hydrogens (tertiary/aromatic N) is 1. The van der Waals surface area contributed by atoms with E-state index in [2.05, 4.69) is 11.4 Å². The fourth-order valence-corrected chi connectivity index (χ4v) is 4.94. The Morgan fingerprint density at radius 1 is 1.48 bits per heavy atom. The lowest BCUT2D eigenvalue weighted by atomic mass is 9.88. The predicted octanol–water partition coefficient (Wildman–Crippen LogP) is 4.17. The summed E-state index contributed by atoms with van der Waals surface area (Å²) in [5, 5.41) is 12.9. The summed E-state index contributed by atoms with van der Waals surface area (Å²) < 4.78 is 0. The van der Waals surface area contributed by atoms with Crippen LogP contribution in [0.25, 0.3) is 0 Å². The fourth-order valence-electron chi connectivity index (χ4n) is 3.75. The van der Waals surface area contributed by atoms with E-state index in [0.717, 1.165) is 35.1 Å². The van der Waals surface area contributed by atoms with Gasteiger partial charge < -0.3 is 5.32 Å². The number of rotatable bonds is 5. The van der Waals surface area contributed by atoms with Crippen molar-refractivity contribution in [3.8, 4) is 6.07 Å². The van der Waals surface area contributed by atoms with Crippen molar-refractivity contribution in [3.63, 3.8) is 0 Å². The summed E-state index contributed by atoms with van der Waals surface area (Å²) in [5.74, 6) is 2.21. The summed E-state index contributed by atoms with van der Waals surface area (Å²) in [4.78, 5) is 13.6. The van der Waals surface area contributed by atoms with Crippen molar-refractivity contribution in [2.24, 2.45) is 17.8 Å². The molecule has 2 fully saturated rings. The second kappa shape index (κ2) is 6.37. The molecule has 1 N–H and O–H groups in total. The largest absolute Gasteiger partial charge is 0.316 e. The van der Waals surface area contributed by atoms with Gasteiger partial charge in [-0.2, -0.15) is 5.26 Å². The number of carbonyl (C=O) groups excluding carboxylic acids is 1.